The zero-order chi connectivity index (χ0) is 22.7. The molecule has 0 saturated carbocycles. The molecule has 0 unspecified atom stereocenters. The number of amides is 1. The highest BCUT2D eigenvalue weighted by Gasteiger charge is 2.21. The van der Waals surface area contributed by atoms with Gasteiger partial charge in [0.25, 0.3) is 5.56 Å². The number of aryl methyl sites for hydroxylation is 1. The van der Waals surface area contributed by atoms with Crippen LogP contribution in [0.2, 0.25) is 0 Å². The molecule has 0 bridgehead atoms. The molecule has 3 heterocycles. The van der Waals surface area contributed by atoms with Gasteiger partial charge in [-0.05, 0) is 37.1 Å². The van der Waals surface area contributed by atoms with Crippen LogP contribution in [0.4, 0.5) is 4.39 Å². The van der Waals surface area contributed by atoms with Gasteiger partial charge in [-0.3, -0.25) is 14.2 Å². The Labute approximate surface area is 182 Å². The minimum Gasteiger partial charge on any atom is -0.343 e. The summed E-state index contributed by atoms with van der Waals surface area (Å²) in [6.45, 7) is 1.53. The lowest BCUT2D eigenvalue weighted by Gasteiger charge is -2.19. The summed E-state index contributed by atoms with van der Waals surface area (Å²) in [7, 11) is 1.30. The topological polar surface area (TPSA) is 116 Å². The molecule has 0 aliphatic carbocycles. The first-order chi connectivity index (χ1) is 15.4. The lowest BCUT2D eigenvalue weighted by atomic mass is 10.2. The van der Waals surface area contributed by atoms with Gasteiger partial charge in [-0.25, -0.2) is 9.18 Å². The quantitative estimate of drug-likeness (QED) is 0.587. The Morgan fingerprint density at radius 3 is 2.47 bits per heavy atom. The number of likely N-dealkylation sites (tertiary alicyclic amines) is 1. The molecular weight excluding hydrogens is 419 g/mol. The maximum absolute atomic E-state index is 13.2. The Kier molecular flexibility index (Phi) is 6.24. The number of carbonyl (C=O) groups is 1. The van der Waals surface area contributed by atoms with Crippen molar-refractivity contribution < 1.29 is 13.7 Å². The van der Waals surface area contributed by atoms with E-state index in [1.165, 1.54) is 31.3 Å². The number of halogens is 1. The van der Waals surface area contributed by atoms with Crippen LogP contribution in [0.5, 0.6) is 0 Å². The second-order valence-electron chi connectivity index (χ2n) is 7.69. The molecule has 32 heavy (non-hydrogen) atoms. The van der Waals surface area contributed by atoms with Gasteiger partial charge >= 0.3 is 5.69 Å². The molecule has 11 heteroatoms. The van der Waals surface area contributed by atoms with Crippen molar-refractivity contribution in [2.45, 2.75) is 38.5 Å². The summed E-state index contributed by atoms with van der Waals surface area (Å²) >= 11 is 0. The highest BCUT2D eigenvalue weighted by atomic mass is 19.1. The summed E-state index contributed by atoms with van der Waals surface area (Å²) in [5, 5.41) is 7.89. The second kappa shape index (κ2) is 9.25. The van der Waals surface area contributed by atoms with Gasteiger partial charge in [-0.1, -0.05) is 18.0 Å². The van der Waals surface area contributed by atoms with E-state index in [-0.39, 0.29) is 41.8 Å². The largest absolute Gasteiger partial charge is 0.351 e. The smallest absolute Gasteiger partial charge is 0.343 e. The number of benzene rings is 1. The van der Waals surface area contributed by atoms with Crippen LogP contribution in [0.15, 0.2) is 38.4 Å². The summed E-state index contributed by atoms with van der Waals surface area (Å²) in [6.07, 6.45) is 4.75. The first kappa shape index (κ1) is 21.6. The average Bonchev–Trinajstić information content (AvgIpc) is 3.09. The first-order valence-electron chi connectivity index (χ1n) is 10.5. The molecule has 1 saturated heterocycles. The number of hydrogen-bond donors (Lipinski definition) is 0. The van der Waals surface area contributed by atoms with Crippen LogP contribution in [-0.2, 0) is 18.3 Å². The molecule has 1 amide bonds. The Hall–Kier alpha value is -3.63. The van der Waals surface area contributed by atoms with Gasteiger partial charge in [0.2, 0.25) is 17.6 Å². The van der Waals surface area contributed by atoms with Crippen molar-refractivity contribution in [3.8, 4) is 17.2 Å². The molecule has 1 fully saturated rings. The van der Waals surface area contributed by atoms with Crippen molar-refractivity contribution in [3.05, 3.63) is 56.8 Å². The SMILES string of the molecule is Cn1c(=O)c(-c2noc(CCC(=O)N3CCCCCC3)n2)nn(-c2ccc(F)cc2)c1=O. The van der Waals surface area contributed by atoms with Gasteiger partial charge in [0, 0.05) is 33.0 Å². The summed E-state index contributed by atoms with van der Waals surface area (Å²) in [5.74, 6) is -0.319. The molecule has 168 valence electrons. The highest BCUT2D eigenvalue weighted by Crippen LogP contribution is 2.14. The number of nitrogens with zero attached hydrogens (tertiary/aromatic N) is 6. The molecule has 0 spiro atoms. The normalized spacial score (nSPS) is 14.4. The second-order valence-corrected chi connectivity index (χ2v) is 7.69. The fraction of sp³-hybridized carbons (Fsp3) is 0.429. The third kappa shape index (κ3) is 4.51. The summed E-state index contributed by atoms with van der Waals surface area (Å²) in [5.41, 5.74) is -1.30. The van der Waals surface area contributed by atoms with Gasteiger partial charge < -0.3 is 9.42 Å². The van der Waals surface area contributed by atoms with Gasteiger partial charge in [0.1, 0.15) is 5.82 Å². The van der Waals surface area contributed by atoms with E-state index in [1.54, 1.807) is 0 Å². The molecule has 0 radical (unpaired) electrons. The standard InChI is InChI=1S/C21H23FN6O4/c1-26-20(30)18(24-28(21(26)31)15-8-6-14(22)7-9-15)19-23-16(32-25-19)10-11-17(29)27-12-4-2-3-5-13-27/h6-9H,2-5,10-13H2,1H3. The number of carbonyl (C=O) groups excluding carboxylic acids is 1. The van der Waals surface area contributed by atoms with E-state index in [9.17, 15) is 18.8 Å². The average molecular weight is 442 g/mol. The van der Waals surface area contributed by atoms with Gasteiger partial charge in [0.15, 0.2) is 5.69 Å². The van der Waals surface area contributed by atoms with Crippen molar-refractivity contribution in [3.63, 3.8) is 0 Å². The molecule has 2 aromatic heterocycles. The lowest BCUT2D eigenvalue weighted by molar-refractivity contribution is -0.131. The number of hydrogen-bond acceptors (Lipinski definition) is 7. The maximum atomic E-state index is 13.2. The van der Waals surface area contributed by atoms with Crippen LogP contribution in [0.3, 0.4) is 0 Å². The van der Waals surface area contributed by atoms with Crippen LogP contribution in [0.1, 0.15) is 38.0 Å². The van der Waals surface area contributed by atoms with Crippen molar-refractivity contribution in [2.24, 2.45) is 7.05 Å². The van der Waals surface area contributed by atoms with Crippen LogP contribution < -0.4 is 11.2 Å². The van der Waals surface area contributed by atoms with Crippen LogP contribution in [0.25, 0.3) is 17.2 Å². The summed E-state index contributed by atoms with van der Waals surface area (Å²) in [6, 6.07) is 5.10. The van der Waals surface area contributed by atoms with Crippen molar-refractivity contribution in [1.82, 2.24) is 29.4 Å². The van der Waals surface area contributed by atoms with E-state index < -0.39 is 17.1 Å². The Bertz CT molecular complexity index is 1220. The van der Waals surface area contributed by atoms with E-state index in [1.807, 2.05) is 4.90 Å². The van der Waals surface area contributed by atoms with Crippen LogP contribution in [0, 0.1) is 5.82 Å². The minimum absolute atomic E-state index is 0.0329. The Balaban J connectivity index is 1.55. The predicted molar refractivity (Wildman–Crippen MR) is 112 cm³/mol. The van der Waals surface area contributed by atoms with E-state index in [0.29, 0.717) is 0 Å². The zero-order valence-electron chi connectivity index (χ0n) is 17.7. The van der Waals surface area contributed by atoms with Gasteiger partial charge in [-0.15, -0.1) is 0 Å². The highest BCUT2D eigenvalue weighted by molar-refractivity contribution is 5.76. The zero-order valence-corrected chi connectivity index (χ0v) is 17.7. The number of rotatable bonds is 5. The molecule has 3 aromatic rings. The molecule has 0 N–H and O–H groups in total. The Morgan fingerprint density at radius 2 is 1.78 bits per heavy atom. The first-order valence-corrected chi connectivity index (χ1v) is 10.5. The van der Waals surface area contributed by atoms with Crippen molar-refractivity contribution in [1.29, 1.82) is 0 Å². The molecular formula is C21H23FN6O4. The van der Waals surface area contributed by atoms with E-state index >= 15 is 0 Å². The monoisotopic (exact) mass is 442 g/mol. The van der Waals surface area contributed by atoms with Crippen LogP contribution in [-0.4, -0.2) is 48.4 Å². The van der Waals surface area contributed by atoms with E-state index in [2.05, 4.69) is 15.2 Å². The molecule has 4 rings (SSSR count). The van der Waals surface area contributed by atoms with Crippen molar-refractivity contribution >= 4 is 5.91 Å². The molecule has 1 aromatic carbocycles. The summed E-state index contributed by atoms with van der Waals surface area (Å²) < 4.78 is 20.3. The third-order valence-electron chi connectivity index (χ3n) is 5.44. The van der Waals surface area contributed by atoms with Crippen LogP contribution >= 0.6 is 0 Å². The lowest BCUT2D eigenvalue weighted by Crippen LogP contribution is -2.40. The van der Waals surface area contributed by atoms with E-state index in [4.69, 9.17) is 4.52 Å². The van der Waals surface area contributed by atoms with Crippen molar-refractivity contribution in [2.75, 3.05) is 13.1 Å². The molecule has 1 aliphatic rings. The van der Waals surface area contributed by atoms with Gasteiger partial charge in [0.05, 0.1) is 5.69 Å². The maximum Gasteiger partial charge on any atom is 0.351 e. The van der Waals surface area contributed by atoms with Gasteiger partial charge in [-0.2, -0.15) is 14.8 Å². The fourth-order valence-corrected chi connectivity index (χ4v) is 3.61. The van der Waals surface area contributed by atoms with E-state index in [0.717, 1.165) is 48.0 Å². The number of aromatic nitrogens is 5. The predicted octanol–water partition coefficient (Wildman–Crippen LogP) is 1.46. The third-order valence-corrected chi connectivity index (χ3v) is 5.44. The molecule has 1 aliphatic heterocycles. The molecule has 10 nitrogen and oxygen atoms in total. The fourth-order valence-electron chi connectivity index (χ4n) is 3.61. The summed E-state index contributed by atoms with van der Waals surface area (Å²) in [4.78, 5) is 43.6. The minimum atomic E-state index is -0.697. The Morgan fingerprint density at radius 1 is 1.09 bits per heavy atom. The molecule has 0 atom stereocenters.